The van der Waals surface area contributed by atoms with Gasteiger partial charge >= 0.3 is 0 Å². The van der Waals surface area contributed by atoms with Gasteiger partial charge in [-0.15, -0.1) is 0 Å². The fourth-order valence-corrected chi connectivity index (χ4v) is 2.34. The molecule has 19 heavy (non-hydrogen) atoms. The molecule has 0 bridgehead atoms. The molecular formula is C14H19ClFNO2. The summed E-state index contributed by atoms with van der Waals surface area (Å²) in [5, 5.41) is 3.68. The van der Waals surface area contributed by atoms with Crippen LogP contribution in [0, 0.1) is 5.82 Å². The fourth-order valence-electron chi connectivity index (χ4n) is 2.12. The highest BCUT2D eigenvalue weighted by atomic mass is 35.5. The van der Waals surface area contributed by atoms with E-state index in [2.05, 4.69) is 5.32 Å². The molecule has 0 amide bonds. The number of rotatable bonds is 4. The van der Waals surface area contributed by atoms with E-state index in [1.165, 1.54) is 6.07 Å². The van der Waals surface area contributed by atoms with Crippen molar-refractivity contribution in [3.63, 3.8) is 0 Å². The van der Waals surface area contributed by atoms with Gasteiger partial charge in [0.2, 0.25) is 0 Å². The minimum atomic E-state index is -0.337. The van der Waals surface area contributed by atoms with Gasteiger partial charge in [-0.2, -0.15) is 0 Å². The molecule has 1 aromatic rings. The maximum Gasteiger partial charge on any atom is 0.130 e. The molecule has 1 aliphatic heterocycles. The lowest BCUT2D eigenvalue weighted by Gasteiger charge is -2.36. The first-order valence-electron chi connectivity index (χ1n) is 6.37. The second kappa shape index (κ2) is 6.18. The molecule has 5 heteroatoms. The Bertz CT molecular complexity index is 419. The topological polar surface area (TPSA) is 30.5 Å². The van der Waals surface area contributed by atoms with E-state index >= 15 is 0 Å². The summed E-state index contributed by atoms with van der Waals surface area (Å²) in [5.41, 5.74) is 0.203. The van der Waals surface area contributed by atoms with Crippen molar-refractivity contribution in [2.75, 3.05) is 19.7 Å². The van der Waals surface area contributed by atoms with Gasteiger partial charge in [-0.05, 0) is 26.0 Å². The van der Waals surface area contributed by atoms with Crippen LogP contribution in [0.4, 0.5) is 4.39 Å². The van der Waals surface area contributed by atoms with Crippen molar-refractivity contribution < 1.29 is 13.9 Å². The first kappa shape index (κ1) is 14.7. The van der Waals surface area contributed by atoms with E-state index in [-0.39, 0.29) is 24.1 Å². The molecule has 3 nitrogen and oxygen atoms in total. The Morgan fingerprint density at radius 3 is 3.00 bits per heavy atom. The normalized spacial score (nSPS) is 22.4. The first-order chi connectivity index (χ1) is 8.98. The van der Waals surface area contributed by atoms with E-state index in [9.17, 15) is 4.39 Å². The molecule has 1 atom stereocenters. The van der Waals surface area contributed by atoms with E-state index in [0.717, 1.165) is 13.1 Å². The van der Waals surface area contributed by atoms with Crippen LogP contribution in [-0.4, -0.2) is 31.4 Å². The maximum absolute atomic E-state index is 13.5. The van der Waals surface area contributed by atoms with E-state index < -0.39 is 0 Å². The predicted octanol–water partition coefficient (Wildman–Crippen LogP) is 2.76. The lowest BCUT2D eigenvalue weighted by atomic mass is 10.1. The number of benzene rings is 1. The third kappa shape index (κ3) is 4.14. The third-order valence-corrected chi connectivity index (χ3v) is 3.37. The monoisotopic (exact) mass is 287 g/mol. The van der Waals surface area contributed by atoms with Gasteiger partial charge in [0.25, 0.3) is 0 Å². The van der Waals surface area contributed by atoms with Gasteiger partial charge in [0.15, 0.2) is 0 Å². The molecule has 1 fully saturated rings. The minimum absolute atomic E-state index is 0.0192. The molecular weight excluding hydrogens is 269 g/mol. The van der Waals surface area contributed by atoms with E-state index in [1.807, 2.05) is 13.8 Å². The lowest BCUT2D eigenvalue weighted by Crippen LogP contribution is -2.51. The Morgan fingerprint density at radius 1 is 1.53 bits per heavy atom. The molecule has 0 radical (unpaired) electrons. The van der Waals surface area contributed by atoms with Crippen molar-refractivity contribution in [2.24, 2.45) is 0 Å². The summed E-state index contributed by atoms with van der Waals surface area (Å²) in [6.07, 6.45) is -0.0192. The lowest BCUT2D eigenvalue weighted by molar-refractivity contribution is -0.122. The van der Waals surface area contributed by atoms with Gasteiger partial charge < -0.3 is 14.8 Å². The van der Waals surface area contributed by atoms with E-state index in [0.29, 0.717) is 17.2 Å². The standard InChI is InChI=1S/C14H19ClFNO2/c1-14(2)9-17-6-10(19-14)7-18-8-11-12(15)4-3-5-13(11)16/h3-5,10,17H,6-9H2,1-2H3. The maximum atomic E-state index is 13.5. The summed E-state index contributed by atoms with van der Waals surface area (Å²) in [5.74, 6) is -0.337. The highest BCUT2D eigenvalue weighted by Crippen LogP contribution is 2.20. The van der Waals surface area contributed by atoms with Crippen molar-refractivity contribution in [2.45, 2.75) is 32.2 Å². The van der Waals surface area contributed by atoms with Crippen molar-refractivity contribution >= 4 is 11.6 Å². The Balaban J connectivity index is 1.83. The molecule has 1 N–H and O–H groups in total. The molecule has 0 aromatic heterocycles. The zero-order chi connectivity index (χ0) is 13.9. The molecule has 1 aromatic carbocycles. The Hall–Kier alpha value is -0.680. The first-order valence-corrected chi connectivity index (χ1v) is 6.75. The summed E-state index contributed by atoms with van der Waals surface area (Å²) in [6, 6.07) is 4.62. The highest BCUT2D eigenvalue weighted by Gasteiger charge is 2.28. The highest BCUT2D eigenvalue weighted by molar-refractivity contribution is 6.31. The van der Waals surface area contributed by atoms with Crippen molar-refractivity contribution in [3.8, 4) is 0 Å². The molecule has 1 saturated heterocycles. The molecule has 0 saturated carbocycles. The number of halogens is 2. The number of ether oxygens (including phenoxy) is 2. The van der Waals surface area contributed by atoms with Crippen LogP contribution in [0.15, 0.2) is 18.2 Å². The average Bonchev–Trinajstić information content (AvgIpc) is 2.32. The van der Waals surface area contributed by atoms with Gasteiger partial charge in [-0.1, -0.05) is 17.7 Å². The summed E-state index contributed by atoms with van der Waals surface area (Å²) in [7, 11) is 0. The second-order valence-corrected chi connectivity index (χ2v) is 5.75. The van der Waals surface area contributed by atoms with Crippen LogP contribution in [0.25, 0.3) is 0 Å². The van der Waals surface area contributed by atoms with Crippen molar-refractivity contribution in [3.05, 3.63) is 34.6 Å². The van der Waals surface area contributed by atoms with Gasteiger partial charge in [-0.25, -0.2) is 4.39 Å². The van der Waals surface area contributed by atoms with Crippen LogP contribution in [0.3, 0.4) is 0 Å². The van der Waals surface area contributed by atoms with E-state index in [4.69, 9.17) is 21.1 Å². The van der Waals surface area contributed by atoms with Crippen LogP contribution < -0.4 is 5.32 Å². The SMILES string of the molecule is CC1(C)CNCC(COCc2c(F)cccc2Cl)O1. The molecule has 106 valence electrons. The van der Waals surface area contributed by atoms with Gasteiger partial charge in [0.05, 0.1) is 24.9 Å². The summed E-state index contributed by atoms with van der Waals surface area (Å²) < 4.78 is 24.9. The van der Waals surface area contributed by atoms with Gasteiger partial charge in [0.1, 0.15) is 5.82 Å². The molecule has 0 aliphatic carbocycles. The van der Waals surface area contributed by atoms with Gasteiger partial charge in [-0.3, -0.25) is 0 Å². The molecule has 1 aliphatic rings. The van der Waals surface area contributed by atoms with Crippen LogP contribution >= 0.6 is 11.6 Å². The average molecular weight is 288 g/mol. The van der Waals surface area contributed by atoms with Crippen LogP contribution in [0.2, 0.25) is 5.02 Å². The zero-order valence-corrected chi connectivity index (χ0v) is 12.0. The Labute approximate surface area is 118 Å². The fraction of sp³-hybridized carbons (Fsp3) is 0.571. The molecule has 0 spiro atoms. The molecule has 1 unspecified atom stereocenters. The number of hydrogen-bond donors (Lipinski definition) is 1. The van der Waals surface area contributed by atoms with Crippen LogP contribution in [-0.2, 0) is 16.1 Å². The largest absolute Gasteiger partial charge is 0.374 e. The quantitative estimate of drug-likeness (QED) is 0.924. The second-order valence-electron chi connectivity index (χ2n) is 5.35. The number of nitrogens with one attached hydrogen (secondary N) is 1. The minimum Gasteiger partial charge on any atom is -0.374 e. The summed E-state index contributed by atoms with van der Waals surface area (Å²) in [6.45, 7) is 6.20. The van der Waals surface area contributed by atoms with Gasteiger partial charge in [0, 0.05) is 23.7 Å². The number of hydrogen-bond acceptors (Lipinski definition) is 3. The smallest absolute Gasteiger partial charge is 0.130 e. The van der Waals surface area contributed by atoms with Crippen molar-refractivity contribution in [1.82, 2.24) is 5.32 Å². The summed E-state index contributed by atoms with van der Waals surface area (Å²) in [4.78, 5) is 0. The summed E-state index contributed by atoms with van der Waals surface area (Å²) >= 11 is 5.93. The van der Waals surface area contributed by atoms with Crippen LogP contribution in [0.5, 0.6) is 0 Å². The Morgan fingerprint density at radius 2 is 2.32 bits per heavy atom. The predicted molar refractivity (Wildman–Crippen MR) is 72.9 cm³/mol. The van der Waals surface area contributed by atoms with Crippen molar-refractivity contribution in [1.29, 1.82) is 0 Å². The number of morpholine rings is 1. The van der Waals surface area contributed by atoms with E-state index in [1.54, 1.807) is 12.1 Å². The Kier molecular flexibility index (Phi) is 4.79. The molecule has 1 heterocycles. The van der Waals surface area contributed by atoms with Crippen LogP contribution in [0.1, 0.15) is 19.4 Å². The molecule has 2 rings (SSSR count). The third-order valence-electron chi connectivity index (χ3n) is 3.02. The zero-order valence-electron chi connectivity index (χ0n) is 11.2.